The van der Waals surface area contributed by atoms with Gasteiger partial charge in [-0.1, -0.05) is 18.2 Å². The molecule has 2 aromatic carbocycles. The first kappa shape index (κ1) is 20.4. The standard InChI is InChI=1S/C20H22ClF2N3O2/c21-20(22,23)28-18-8-6-16(7-9-18)24-19(27)10-11-25-12-14-26(15-13-25)17-4-2-1-3-5-17/h1-9H,10-15H2,(H,24,27). The lowest BCUT2D eigenvalue weighted by atomic mass is 10.2. The molecule has 0 spiro atoms. The molecule has 1 N–H and O–H groups in total. The fraction of sp³-hybridized carbons (Fsp3) is 0.350. The third-order valence-electron chi connectivity index (χ3n) is 4.52. The van der Waals surface area contributed by atoms with Gasteiger partial charge in [0.2, 0.25) is 5.91 Å². The maximum absolute atomic E-state index is 12.6. The highest BCUT2D eigenvalue weighted by molar-refractivity contribution is 6.20. The maximum atomic E-state index is 12.6. The van der Waals surface area contributed by atoms with E-state index in [4.69, 9.17) is 11.6 Å². The third kappa shape index (κ3) is 6.35. The van der Waals surface area contributed by atoms with Crippen LogP contribution in [0.5, 0.6) is 5.75 Å². The van der Waals surface area contributed by atoms with Gasteiger partial charge in [0.25, 0.3) is 0 Å². The smallest absolute Gasteiger partial charge is 0.420 e. The predicted octanol–water partition coefficient (Wildman–Crippen LogP) is 4.01. The van der Waals surface area contributed by atoms with E-state index in [1.807, 2.05) is 18.2 Å². The lowest BCUT2D eigenvalue weighted by Gasteiger charge is -2.36. The van der Waals surface area contributed by atoms with Gasteiger partial charge in [0, 0.05) is 62.1 Å². The quantitative estimate of drug-likeness (QED) is 0.702. The Bertz CT molecular complexity index is 761. The Hall–Kier alpha value is -2.38. The number of hydrogen-bond donors (Lipinski definition) is 1. The molecule has 0 atom stereocenters. The minimum Gasteiger partial charge on any atom is -0.420 e. The van der Waals surface area contributed by atoms with Gasteiger partial charge in [-0.25, -0.2) is 0 Å². The summed E-state index contributed by atoms with van der Waals surface area (Å²) >= 11 is 4.72. The second kappa shape index (κ2) is 9.21. The number of amides is 1. The van der Waals surface area contributed by atoms with Gasteiger partial charge in [0.05, 0.1) is 0 Å². The summed E-state index contributed by atoms with van der Waals surface area (Å²) in [4.78, 5) is 16.7. The summed E-state index contributed by atoms with van der Waals surface area (Å²) in [6.07, 6.45) is 0.364. The summed E-state index contributed by atoms with van der Waals surface area (Å²) < 4.78 is 29.4. The summed E-state index contributed by atoms with van der Waals surface area (Å²) in [6, 6.07) is 15.9. The highest BCUT2D eigenvalue weighted by Gasteiger charge is 2.27. The summed E-state index contributed by atoms with van der Waals surface area (Å²) in [5, 5.41) is 2.75. The Morgan fingerprint density at radius 2 is 1.68 bits per heavy atom. The largest absolute Gasteiger partial charge is 0.487 e. The fourth-order valence-corrected chi connectivity index (χ4v) is 3.18. The summed E-state index contributed by atoms with van der Waals surface area (Å²) in [5.74, 6) is -0.198. The molecule has 5 nitrogen and oxygen atoms in total. The van der Waals surface area contributed by atoms with Crippen molar-refractivity contribution in [2.75, 3.05) is 42.9 Å². The fourth-order valence-electron chi connectivity index (χ4n) is 3.09. The number of benzene rings is 2. The first-order chi connectivity index (χ1) is 13.4. The molecule has 1 amide bonds. The molecule has 0 aliphatic carbocycles. The second-order valence-corrected chi connectivity index (χ2v) is 6.97. The number of carbonyl (C=O) groups excluding carboxylic acids is 1. The molecule has 1 aliphatic heterocycles. The molecule has 1 heterocycles. The molecule has 28 heavy (non-hydrogen) atoms. The van der Waals surface area contributed by atoms with Crippen LogP contribution in [0.1, 0.15) is 6.42 Å². The van der Waals surface area contributed by atoms with Crippen molar-refractivity contribution in [3.05, 3.63) is 54.6 Å². The van der Waals surface area contributed by atoms with E-state index >= 15 is 0 Å². The van der Waals surface area contributed by atoms with Crippen molar-refractivity contribution in [2.24, 2.45) is 0 Å². The highest BCUT2D eigenvalue weighted by Crippen LogP contribution is 2.26. The van der Waals surface area contributed by atoms with Gasteiger partial charge in [-0.05, 0) is 36.4 Å². The van der Waals surface area contributed by atoms with Crippen LogP contribution in [0.25, 0.3) is 0 Å². The van der Waals surface area contributed by atoms with Crippen molar-refractivity contribution in [3.8, 4) is 5.75 Å². The number of para-hydroxylation sites is 1. The topological polar surface area (TPSA) is 44.8 Å². The van der Waals surface area contributed by atoms with E-state index in [-0.39, 0.29) is 11.7 Å². The van der Waals surface area contributed by atoms with Crippen molar-refractivity contribution in [1.29, 1.82) is 0 Å². The SMILES string of the molecule is O=C(CCN1CCN(c2ccccc2)CC1)Nc1ccc(OC(F)(F)Cl)cc1. The number of carbonyl (C=O) groups is 1. The number of halogens is 3. The normalized spacial score (nSPS) is 15.3. The van der Waals surface area contributed by atoms with Crippen molar-refractivity contribution >= 4 is 28.9 Å². The van der Waals surface area contributed by atoms with E-state index in [9.17, 15) is 13.6 Å². The summed E-state index contributed by atoms with van der Waals surface area (Å²) in [6.45, 7) is 4.34. The van der Waals surface area contributed by atoms with Crippen molar-refractivity contribution in [1.82, 2.24) is 4.90 Å². The number of hydrogen-bond acceptors (Lipinski definition) is 4. The average Bonchev–Trinajstić information content (AvgIpc) is 2.68. The van der Waals surface area contributed by atoms with Crippen LogP contribution in [-0.4, -0.2) is 49.1 Å². The van der Waals surface area contributed by atoms with Crippen LogP contribution in [0.2, 0.25) is 0 Å². The highest BCUT2D eigenvalue weighted by atomic mass is 35.5. The van der Waals surface area contributed by atoms with Crippen LogP contribution in [0.3, 0.4) is 0 Å². The first-order valence-corrected chi connectivity index (χ1v) is 9.45. The van der Waals surface area contributed by atoms with E-state index in [0.29, 0.717) is 18.7 Å². The molecule has 0 radical (unpaired) electrons. The van der Waals surface area contributed by atoms with E-state index in [0.717, 1.165) is 26.2 Å². The zero-order valence-electron chi connectivity index (χ0n) is 15.3. The van der Waals surface area contributed by atoms with Crippen molar-refractivity contribution in [3.63, 3.8) is 0 Å². The Balaban J connectivity index is 1.39. The summed E-state index contributed by atoms with van der Waals surface area (Å²) in [7, 11) is 0. The maximum Gasteiger partial charge on any atom is 0.487 e. The van der Waals surface area contributed by atoms with Crippen LogP contribution in [0.15, 0.2) is 54.6 Å². The monoisotopic (exact) mass is 409 g/mol. The van der Waals surface area contributed by atoms with Crippen LogP contribution in [0, 0.1) is 0 Å². The molecular formula is C20H22ClF2N3O2. The molecule has 8 heteroatoms. The van der Waals surface area contributed by atoms with E-state index < -0.39 is 5.57 Å². The summed E-state index contributed by atoms with van der Waals surface area (Å²) in [5.41, 5.74) is -2.02. The molecule has 2 aromatic rings. The van der Waals surface area contributed by atoms with Crippen LogP contribution >= 0.6 is 11.6 Å². The van der Waals surface area contributed by atoms with Gasteiger partial charge < -0.3 is 15.0 Å². The van der Waals surface area contributed by atoms with Crippen LogP contribution in [0.4, 0.5) is 20.2 Å². The molecule has 1 saturated heterocycles. The predicted molar refractivity (Wildman–Crippen MR) is 106 cm³/mol. The molecule has 150 valence electrons. The van der Waals surface area contributed by atoms with E-state index in [1.54, 1.807) is 0 Å². The molecule has 1 aliphatic rings. The van der Waals surface area contributed by atoms with Gasteiger partial charge >= 0.3 is 5.57 Å². The molecular weight excluding hydrogens is 388 g/mol. The molecule has 0 saturated carbocycles. The Morgan fingerprint density at radius 1 is 1.04 bits per heavy atom. The van der Waals surface area contributed by atoms with Gasteiger partial charge in [0.1, 0.15) is 5.75 Å². The van der Waals surface area contributed by atoms with Gasteiger partial charge in [0.15, 0.2) is 0 Å². The van der Waals surface area contributed by atoms with Gasteiger partial charge in [-0.2, -0.15) is 0 Å². The number of piperazine rings is 1. The van der Waals surface area contributed by atoms with Crippen LogP contribution < -0.4 is 15.0 Å². The number of anilines is 2. The molecule has 0 bridgehead atoms. The van der Waals surface area contributed by atoms with E-state index in [2.05, 4.69) is 32.0 Å². The number of nitrogens with zero attached hydrogens (tertiary/aromatic N) is 2. The Morgan fingerprint density at radius 3 is 2.29 bits per heavy atom. The number of nitrogens with one attached hydrogen (secondary N) is 1. The Kier molecular flexibility index (Phi) is 6.70. The lowest BCUT2D eigenvalue weighted by Crippen LogP contribution is -2.47. The molecule has 0 aromatic heterocycles. The van der Waals surface area contributed by atoms with Crippen molar-refractivity contribution < 1.29 is 18.3 Å². The van der Waals surface area contributed by atoms with Gasteiger partial charge in [-0.15, -0.1) is 8.78 Å². The molecule has 3 rings (SSSR count). The molecule has 1 fully saturated rings. The zero-order valence-corrected chi connectivity index (χ0v) is 16.0. The minimum absolute atomic E-state index is 0.0747. The van der Waals surface area contributed by atoms with Crippen molar-refractivity contribution in [2.45, 2.75) is 12.0 Å². The lowest BCUT2D eigenvalue weighted by molar-refractivity contribution is -0.116. The van der Waals surface area contributed by atoms with Crippen LogP contribution in [-0.2, 0) is 4.79 Å². The molecule has 0 unspecified atom stereocenters. The van der Waals surface area contributed by atoms with E-state index in [1.165, 1.54) is 30.0 Å². The number of rotatable bonds is 7. The second-order valence-electron chi connectivity index (χ2n) is 6.53. The average molecular weight is 410 g/mol. The zero-order chi connectivity index (χ0) is 20.0. The number of alkyl halides is 3. The first-order valence-electron chi connectivity index (χ1n) is 9.07. The third-order valence-corrected chi connectivity index (χ3v) is 4.60. The Labute approximate surface area is 167 Å². The van der Waals surface area contributed by atoms with Gasteiger partial charge in [-0.3, -0.25) is 9.69 Å². The number of ether oxygens (including phenoxy) is 1. The minimum atomic E-state index is -3.75.